The summed E-state index contributed by atoms with van der Waals surface area (Å²) in [5.41, 5.74) is 0. The van der Waals surface area contributed by atoms with Gasteiger partial charge >= 0.3 is 0 Å². The third kappa shape index (κ3) is 14.7. The minimum atomic E-state index is -0.0383. The maximum atomic E-state index is 11.4. The summed E-state index contributed by atoms with van der Waals surface area (Å²) >= 11 is 0. The molecule has 6 nitrogen and oxygen atoms in total. The molecule has 0 aromatic heterocycles. The number of ether oxygens (including phenoxy) is 2. The molecule has 0 fully saturated rings. The Balaban J connectivity index is 3.20. The molecule has 116 valence electrons. The van der Waals surface area contributed by atoms with E-state index in [4.69, 9.17) is 9.47 Å². The molecule has 0 saturated heterocycles. The van der Waals surface area contributed by atoms with Gasteiger partial charge in [-0.05, 0) is 12.8 Å². The van der Waals surface area contributed by atoms with E-state index >= 15 is 0 Å². The van der Waals surface area contributed by atoms with Crippen molar-refractivity contribution >= 4 is 11.8 Å². The van der Waals surface area contributed by atoms with Gasteiger partial charge in [0.2, 0.25) is 11.8 Å². The lowest BCUT2D eigenvalue weighted by molar-refractivity contribution is -0.121. The minimum absolute atomic E-state index is 0.0133. The van der Waals surface area contributed by atoms with Gasteiger partial charge in [0, 0.05) is 26.4 Å². The van der Waals surface area contributed by atoms with E-state index in [0.717, 1.165) is 12.8 Å². The second kappa shape index (κ2) is 14.0. The molecule has 0 unspecified atom stereocenters. The third-order valence-corrected chi connectivity index (χ3v) is 2.38. The van der Waals surface area contributed by atoms with E-state index in [1.54, 1.807) is 6.08 Å². The van der Waals surface area contributed by atoms with E-state index < -0.39 is 0 Å². The molecule has 0 aliphatic heterocycles. The Morgan fingerprint density at radius 2 is 1.80 bits per heavy atom. The van der Waals surface area contributed by atoms with Crippen LogP contribution in [-0.2, 0) is 19.1 Å². The van der Waals surface area contributed by atoms with Crippen LogP contribution in [-0.4, -0.2) is 51.3 Å². The maximum absolute atomic E-state index is 11.4. The summed E-state index contributed by atoms with van der Waals surface area (Å²) in [6, 6.07) is 0. The van der Waals surface area contributed by atoms with E-state index in [-0.39, 0.29) is 11.8 Å². The Kier molecular flexibility index (Phi) is 13.0. The second-order valence-corrected chi connectivity index (χ2v) is 4.27. The molecule has 2 amide bonds. The average molecular weight is 286 g/mol. The molecule has 0 spiro atoms. The zero-order valence-corrected chi connectivity index (χ0v) is 12.3. The fourth-order valence-corrected chi connectivity index (χ4v) is 1.41. The van der Waals surface area contributed by atoms with Crippen molar-refractivity contribution in [3.63, 3.8) is 0 Å². The van der Waals surface area contributed by atoms with Crippen molar-refractivity contribution in [2.45, 2.75) is 26.2 Å². The first-order valence-corrected chi connectivity index (χ1v) is 6.94. The number of carbonyl (C=O) groups is 2. The highest BCUT2D eigenvalue weighted by Crippen LogP contribution is 1.93. The van der Waals surface area contributed by atoms with Gasteiger partial charge < -0.3 is 20.1 Å². The van der Waals surface area contributed by atoms with Crippen LogP contribution in [0.3, 0.4) is 0 Å². The largest absolute Gasteiger partial charge is 0.377 e. The van der Waals surface area contributed by atoms with Crippen molar-refractivity contribution in [3.8, 4) is 0 Å². The Labute approximate surface area is 120 Å². The van der Waals surface area contributed by atoms with Gasteiger partial charge in [-0.15, -0.1) is 6.58 Å². The number of amides is 2. The first kappa shape index (κ1) is 18.6. The first-order valence-electron chi connectivity index (χ1n) is 6.94. The number of hydrogen-bond acceptors (Lipinski definition) is 4. The summed E-state index contributed by atoms with van der Waals surface area (Å²) in [6.07, 6.45) is 3.74. The zero-order chi connectivity index (χ0) is 15.1. The second-order valence-electron chi connectivity index (χ2n) is 4.27. The minimum Gasteiger partial charge on any atom is -0.377 e. The van der Waals surface area contributed by atoms with Crippen LogP contribution in [0, 0.1) is 0 Å². The van der Waals surface area contributed by atoms with Crippen LogP contribution in [0.4, 0.5) is 0 Å². The van der Waals surface area contributed by atoms with Crippen molar-refractivity contribution in [1.82, 2.24) is 10.6 Å². The van der Waals surface area contributed by atoms with Gasteiger partial charge in [0.25, 0.3) is 0 Å². The third-order valence-electron chi connectivity index (χ3n) is 2.38. The van der Waals surface area contributed by atoms with Crippen LogP contribution < -0.4 is 10.6 Å². The predicted molar refractivity (Wildman–Crippen MR) is 77.4 cm³/mol. The lowest BCUT2D eigenvalue weighted by Gasteiger charge is -2.07. The van der Waals surface area contributed by atoms with Crippen LogP contribution in [0.15, 0.2) is 12.7 Å². The fourth-order valence-electron chi connectivity index (χ4n) is 1.41. The summed E-state index contributed by atoms with van der Waals surface area (Å²) < 4.78 is 10.4. The monoisotopic (exact) mass is 286 g/mol. The van der Waals surface area contributed by atoms with E-state index in [1.807, 2.05) is 0 Å². The maximum Gasteiger partial charge on any atom is 0.220 e. The van der Waals surface area contributed by atoms with Crippen molar-refractivity contribution in [2.24, 2.45) is 0 Å². The molecule has 0 aliphatic carbocycles. The SMILES string of the molecule is C=CCOCCOCCNC(=O)CCCCNC(C)=O. The summed E-state index contributed by atoms with van der Waals surface area (Å²) in [7, 11) is 0. The van der Waals surface area contributed by atoms with Gasteiger partial charge in [0.1, 0.15) is 0 Å². The Morgan fingerprint density at radius 1 is 1.05 bits per heavy atom. The van der Waals surface area contributed by atoms with Crippen molar-refractivity contribution in [1.29, 1.82) is 0 Å². The molecule has 20 heavy (non-hydrogen) atoms. The van der Waals surface area contributed by atoms with Crippen LogP contribution in [0.25, 0.3) is 0 Å². The molecule has 0 heterocycles. The van der Waals surface area contributed by atoms with E-state index in [9.17, 15) is 9.59 Å². The van der Waals surface area contributed by atoms with Crippen LogP contribution in [0.1, 0.15) is 26.2 Å². The summed E-state index contributed by atoms with van der Waals surface area (Å²) in [5.74, 6) is -0.0250. The van der Waals surface area contributed by atoms with Crippen LogP contribution >= 0.6 is 0 Å². The standard InChI is InChI=1S/C14H26N2O4/c1-3-9-19-11-12-20-10-8-16-14(18)6-4-5-7-15-13(2)17/h3H,1,4-12H2,2H3,(H,15,17)(H,16,18). The molecule has 0 atom stereocenters. The Hall–Kier alpha value is -1.40. The van der Waals surface area contributed by atoms with Gasteiger partial charge in [-0.3, -0.25) is 9.59 Å². The van der Waals surface area contributed by atoms with Crippen LogP contribution in [0.2, 0.25) is 0 Å². The van der Waals surface area contributed by atoms with E-state index in [0.29, 0.717) is 45.9 Å². The van der Waals surface area contributed by atoms with E-state index in [2.05, 4.69) is 17.2 Å². The highest BCUT2D eigenvalue weighted by Gasteiger charge is 2.00. The molecule has 0 radical (unpaired) electrons. The zero-order valence-electron chi connectivity index (χ0n) is 12.3. The molecule has 2 N–H and O–H groups in total. The summed E-state index contributed by atoms with van der Waals surface area (Å²) in [6.45, 7) is 8.20. The number of nitrogens with one attached hydrogen (secondary N) is 2. The normalized spacial score (nSPS) is 10.1. The van der Waals surface area contributed by atoms with Crippen LogP contribution in [0.5, 0.6) is 0 Å². The number of carbonyl (C=O) groups excluding carboxylic acids is 2. The molecule has 0 aliphatic rings. The molecule has 0 bridgehead atoms. The van der Waals surface area contributed by atoms with Crippen molar-refractivity contribution in [2.75, 3.05) is 39.5 Å². The summed E-state index contributed by atoms with van der Waals surface area (Å²) in [5, 5.41) is 5.47. The molecule has 0 saturated carbocycles. The van der Waals surface area contributed by atoms with Crippen molar-refractivity contribution < 1.29 is 19.1 Å². The summed E-state index contributed by atoms with van der Waals surface area (Å²) in [4.78, 5) is 22.0. The first-order chi connectivity index (χ1) is 9.66. The lowest BCUT2D eigenvalue weighted by Crippen LogP contribution is -2.27. The number of unbranched alkanes of at least 4 members (excludes halogenated alkanes) is 1. The Morgan fingerprint density at radius 3 is 2.50 bits per heavy atom. The van der Waals surface area contributed by atoms with Gasteiger partial charge in [-0.2, -0.15) is 0 Å². The molecule has 6 heteroatoms. The quantitative estimate of drug-likeness (QED) is 0.384. The predicted octanol–water partition coefficient (Wildman–Crippen LogP) is 0.628. The Bertz CT molecular complexity index is 282. The van der Waals surface area contributed by atoms with Gasteiger partial charge in [0.15, 0.2) is 0 Å². The molecule has 0 aromatic carbocycles. The average Bonchev–Trinajstić information content (AvgIpc) is 2.41. The number of rotatable bonds is 13. The number of hydrogen-bond donors (Lipinski definition) is 2. The van der Waals surface area contributed by atoms with Gasteiger partial charge in [-0.1, -0.05) is 6.08 Å². The topological polar surface area (TPSA) is 76.7 Å². The highest BCUT2D eigenvalue weighted by atomic mass is 16.5. The van der Waals surface area contributed by atoms with Crippen molar-refractivity contribution in [3.05, 3.63) is 12.7 Å². The molecule has 0 rings (SSSR count). The molecular weight excluding hydrogens is 260 g/mol. The van der Waals surface area contributed by atoms with Gasteiger partial charge in [0.05, 0.1) is 26.4 Å². The smallest absolute Gasteiger partial charge is 0.220 e. The fraction of sp³-hybridized carbons (Fsp3) is 0.714. The van der Waals surface area contributed by atoms with E-state index in [1.165, 1.54) is 6.92 Å². The highest BCUT2D eigenvalue weighted by molar-refractivity contribution is 5.75. The van der Waals surface area contributed by atoms with Gasteiger partial charge in [-0.25, -0.2) is 0 Å². The molecular formula is C14H26N2O4. The lowest BCUT2D eigenvalue weighted by atomic mass is 10.2. The molecule has 0 aromatic rings.